The minimum Gasteiger partial charge on any atom is -0.455 e. The number of hydrogen-bond donors (Lipinski definition) is 4. The fraction of sp³-hybridized carbons (Fsp3) is 0.424. The molecule has 250 valence electrons. The molecule has 3 aromatic rings. The van der Waals surface area contributed by atoms with Crippen LogP contribution in [-0.2, 0) is 36.9 Å². The molecule has 1 aliphatic rings. The Morgan fingerprint density at radius 3 is 2.26 bits per heavy atom. The summed E-state index contributed by atoms with van der Waals surface area (Å²) < 4.78 is 6.90. The van der Waals surface area contributed by atoms with Gasteiger partial charge in [-0.2, -0.15) is 0 Å². The van der Waals surface area contributed by atoms with Crippen LogP contribution in [0.4, 0.5) is 0 Å². The zero-order valence-corrected chi connectivity index (χ0v) is 27.0. The lowest BCUT2D eigenvalue weighted by atomic mass is 10.0. The van der Waals surface area contributed by atoms with Gasteiger partial charge in [0.1, 0.15) is 30.4 Å². The van der Waals surface area contributed by atoms with Crippen LogP contribution in [0.15, 0.2) is 66.9 Å². The van der Waals surface area contributed by atoms with Crippen molar-refractivity contribution in [3.05, 3.63) is 83.7 Å². The third kappa shape index (κ3) is 9.00. The molecule has 0 saturated carbocycles. The molecule has 14 nitrogen and oxygen atoms in total. The van der Waals surface area contributed by atoms with Gasteiger partial charge >= 0.3 is 5.97 Å². The molecule has 0 spiro atoms. The summed E-state index contributed by atoms with van der Waals surface area (Å²) in [5.74, 6) is -2.89. The first-order valence-corrected chi connectivity index (χ1v) is 15.5. The minimum atomic E-state index is -1.02. The number of ether oxygens (including phenoxy) is 1. The molecule has 2 aromatic carbocycles. The lowest BCUT2D eigenvalue weighted by Crippen LogP contribution is -2.58. The van der Waals surface area contributed by atoms with Gasteiger partial charge in [-0.1, -0.05) is 67.6 Å². The molecule has 5 N–H and O–H groups in total. The standard InChI is InChI=1S/C33H42N8O6/c1-20(2)28(37-30(43)21(3)35-4)32(45)40-18-25(41-17-24(38-39-41)19-47-33(46)23-13-9-6-10-14-23)16-27(40)31(44)36-26(29(34)42)15-22-11-7-5-8-12-22/h5-14,17,20-21,25-28,35H,15-16,18-19H2,1-4H3,(H2,34,42)(H,36,44)(H,37,43)/t21-,25-,26-,27-,28-/m0/s1. The maximum absolute atomic E-state index is 14.1. The number of nitrogens with two attached hydrogens (primary N) is 1. The van der Waals surface area contributed by atoms with Gasteiger partial charge in [-0.3, -0.25) is 19.2 Å². The van der Waals surface area contributed by atoms with E-state index in [9.17, 15) is 24.0 Å². The van der Waals surface area contributed by atoms with Gasteiger partial charge in [0, 0.05) is 19.4 Å². The molecule has 14 heteroatoms. The van der Waals surface area contributed by atoms with Gasteiger partial charge in [0.15, 0.2) is 0 Å². The molecule has 0 bridgehead atoms. The second-order valence-electron chi connectivity index (χ2n) is 11.9. The van der Waals surface area contributed by atoms with E-state index in [1.165, 1.54) is 9.58 Å². The number of rotatable bonds is 14. The fourth-order valence-electron chi connectivity index (χ4n) is 5.29. The summed E-state index contributed by atoms with van der Waals surface area (Å²) in [6.45, 7) is 5.23. The van der Waals surface area contributed by atoms with Crippen molar-refractivity contribution < 1.29 is 28.7 Å². The summed E-state index contributed by atoms with van der Waals surface area (Å²) in [6.07, 6.45) is 1.92. The molecule has 5 atom stereocenters. The van der Waals surface area contributed by atoms with Crippen molar-refractivity contribution in [2.45, 2.75) is 70.4 Å². The molecule has 0 radical (unpaired) electrons. The zero-order chi connectivity index (χ0) is 34.1. The van der Waals surface area contributed by atoms with E-state index >= 15 is 0 Å². The first-order valence-electron chi connectivity index (χ1n) is 15.5. The number of amides is 4. The number of aromatic nitrogens is 3. The van der Waals surface area contributed by atoms with Crippen LogP contribution in [0.5, 0.6) is 0 Å². The number of esters is 1. The van der Waals surface area contributed by atoms with Crippen LogP contribution < -0.4 is 21.7 Å². The number of hydrogen-bond acceptors (Lipinski definition) is 9. The highest BCUT2D eigenvalue weighted by Gasteiger charge is 2.44. The summed E-state index contributed by atoms with van der Waals surface area (Å²) in [4.78, 5) is 66.8. The van der Waals surface area contributed by atoms with Crippen molar-refractivity contribution in [1.29, 1.82) is 0 Å². The van der Waals surface area contributed by atoms with Gasteiger partial charge < -0.3 is 31.3 Å². The predicted molar refractivity (Wildman–Crippen MR) is 171 cm³/mol. The Labute approximate surface area is 273 Å². The third-order valence-electron chi connectivity index (χ3n) is 8.16. The van der Waals surface area contributed by atoms with Crippen LogP contribution in [0.2, 0.25) is 0 Å². The van der Waals surface area contributed by atoms with Crippen LogP contribution >= 0.6 is 0 Å². The second-order valence-corrected chi connectivity index (χ2v) is 11.9. The van der Waals surface area contributed by atoms with Crippen LogP contribution in [0.3, 0.4) is 0 Å². The lowest BCUT2D eigenvalue weighted by Gasteiger charge is -2.31. The number of benzene rings is 2. The smallest absolute Gasteiger partial charge is 0.338 e. The first kappa shape index (κ1) is 34.8. The van der Waals surface area contributed by atoms with E-state index in [0.717, 1.165) is 5.56 Å². The van der Waals surface area contributed by atoms with Gasteiger partial charge in [-0.15, -0.1) is 5.10 Å². The Balaban J connectivity index is 1.55. The molecule has 1 fully saturated rings. The summed E-state index contributed by atoms with van der Waals surface area (Å²) in [6, 6.07) is 13.7. The average molecular weight is 647 g/mol. The number of likely N-dealkylation sites (N-methyl/N-ethyl adjacent to an activating group) is 1. The van der Waals surface area contributed by atoms with Gasteiger partial charge in [0.05, 0.1) is 23.8 Å². The highest BCUT2D eigenvalue weighted by atomic mass is 16.5. The Hall–Kier alpha value is -5.11. The summed E-state index contributed by atoms with van der Waals surface area (Å²) in [5, 5.41) is 16.7. The van der Waals surface area contributed by atoms with Gasteiger partial charge in [-0.05, 0) is 37.6 Å². The Bertz CT molecular complexity index is 1550. The predicted octanol–water partition coefficient (Wildman–Crippen LogP) is 0.739. The van der Waals surface area contributed by atoms with E-state index in [-0.39, 0.29) is 37.8 Å². The maximum atomic E-state index is 14.1. The van der Waals surface area contributed by atoms with Crippen LogP contribution in [-0.4, -0.2) is 87.3 Å². The molecular formula is C33H42N8O6. The number of nitrogens with zero attached hydrogens (tertiary/aromatic N) is 4. The van der Waals surface area contributed by atoms with Crippen molar-refractivity contribution >= 4 is 29.6 Å². The monoisotopic (exact) mass is 646 g/mol. The number of likely N-dealkylation sites (tertiary alicyclic amines) is 1. The highest BCUT2D eigenvalue weighted by molar-refractivity contribution is 5.95. The van der Waals surface area contributed by atoms with Crippen molar-refractivity contribution in [2.75, 3.05) is 13.6 Å². The quantitative estimate of drug-likeness (QED) is 0.183. The molecular weight excluding hydrogens is 604 g/mol. The molecule has 1 saturated heterocycles. The Kier molecular flexibility index (Phi) is 11.8. The molecule has 1 aromatic heterocycles. The van der Waals surface area contributed by atoms with Crippen molar-refractivity contribution in [3.63, 3.8) is 0 Å². The summed E-state index contributed by atoms with van der Waals surface area (Å²) >= 11 is 0. The highest BCUT2D eigenvalue weighted by Crippen LogP contribution is 2.29. The maximum Gasteiger partial charge on any atom is 0.338 e. The van der Waals surface area contributed by atoms with E-state index in [4.69, 9.17) is 10.5 Å². The molecule has 2 heterocycles. The summed E-state index contributed by atoms with van der Waals surface area (Å²) in [7, 11) is 1.64. The van der Waals surface area contributed by atoms with Crippen LogP contribution in [0, 0.1) is 5.92 Å². The lowest BCUT2D eigenvalue weighted by molar-refractivity contribution is -0.143. The number of primary amides is 1. The molecule has 47 heavy (non-hydrogen) atoms. The van der Waals surface area contributed by atoms with E-state index < -0.39 is 53.9 Å². The first-order chi connectivity index (χ1) is 22.5. The second kappa shape index (κ2) is 15.9. The van der Waals surface area contributed by atoms with Crippen LogP contribution in [0.1, 0.15) is 54.8 Å². The molecule has 0 unspecified atom stereocenters. The van der Waals surface area contributed by atoms with E-state index in [1.807, 2.05) is 30.3 Å². The van der Waals surface area contributed by atoms with Crippen molar-refractivity contribution in [2.24, 2.45) is 11.7 Å². The molecule has 4 rings (SSSR count). The number of nitrogens with one attached hydrogen (secondary N) is 3. The molecule has 4 amide bonds. The van der Waals surface area contributed by atoms with Crippen molar-refractivity contribution in [1.82, 2.24) is 35.8 Å². The van der Waals surface area contributed by atoms with Gasteiger partial charge in [-0.25, -0.2) is 9.48 Å². The number of carbonyl (C=O) groups is 5. The van der Waals surface area contributed by atoms with Gasteiger partial charge in [0.2, 0.25) is 23.6 Å². The minimum absolute atomic E-state index is 0.0735. The normalized spacial score (nSPS) is 17.9. The Morgan fingerprint density at radius 1 is 0.979 bits per heavy atom. The average Bonchev–Trinajstić information content (AvgIpc) is 3.73. The van der Waals surface area contributed by atoms with E-state index in [2.05, 4.69) is 26.3 Å². The Morgan fingerprint density at radius 2 is 1.64 bits per heavy atom. The topological polar surface area (TPSA) is 191 Å². The molecule has 1 aliphatic heterocycles. The summed E-state index contributed by atoms with van der Waals surface area (Å²) in [5.41, 5.74) is 7.26. The van der Waals surface area contributed by atoms with E-state index in [1.54, 1.807) is 64.3 Å². The van der Waals surface area contributed by atoms with Crippen LogP contribution in [0.25, 0.3) is 0 Å². The largest absolute Gasteiger partial charge is 0.455 e. The van der Waals surface area contributed by atoms with Crippen molar-refractivity contribution in [3.8, 4) is 0 Å². The SMILES string of the molecule is CN[C@@H](C)C(=O)N[C@H](C(=O)N1C[C@@H](n2cc(COC(=O)c3ccccc3)nn2)C[C@H]1C(=O)N[C@@H](Cc1ccccc1)C(N)=O)C(C)C. The van der Waals surface area contributed by atoms with Gasteiger partial charge in [0.25, 0.3) is 0 Å². The zero-order valence-electron chi connectivity index (χ0n) is 27.0. The third-order valence-corrected chi connectivity index (χ3v) is 8.16. The number of carbonyl (C=O) groups excluding carboxylic acids is 5. The van der Waals surface area contributed by atoms with E-state index in [0.29, 0.717) is 11.3 Å². The fourth-order valence-corrected chi connectivity index (χ4v) is 5.29. The molecule has 0 aliphatic carbocycles.